The maximum Gasteiger partial charge on any atom is 0.185 e. The van der Waals surface area contributed by atoms with Crippen molar-refractivity contribution >= 4 is 39.3 Å². The van der Waals surface area contributed by atoms with Crippen molar-refractivity contribution < 1.29 is 0 Å². The van der Waals surface area contributed by atoms with E-state index in [2.05, 4.69) is 48.6 Å². The van der Waals surface area contributed by atoms with Gasteiger partial charge in [0.15, 0.2) is 5.13 Å². The van der Waals surface area contributed by atoms with Crippen LogP contribution in [-0.2, 0) is 0 Å². The quantitative estimate of drug-likeness (QED) is 0.669. The van der Waals surface area contributed by atoms with Gasteiger partial charge >= 0.3 is 0 Å². The summed E-state index contributed by atoms with van der Waals surface area (Å²) in [7, 11) is 0. The Balaban J connectivity index is 1.95. The molecule has 1 aliphatic heterocycles. The molecule has 2 rings (SSSR count). The van der Waals surface area contributed by atoms with Gasteiger partial charge in [-0.1, -0.05) is 0 Å². The summed E-state index contributed by atoms with van der Waals surface area (Å²) >= 11 is 4.01. The molecule has 5 heteroatoms. The van der Waals surface area contributed by atoms with Gasteiger partial charge in [-0.2, -0.15) is 0 Å². The molecular formula is C9H14IN3S. The molecule has 1 N–H and O–H groups in total. The predicted octanol–water partition coefficient (Wildman–Crippen LogP) is 2.36. The third-order valence-electron chi connectivity index (χ3n) is 2.53. The molecule has 0 aliphatic carbocycles. The van der Waals surface area contributed by atoms with Gasteiger partial charge in [0.1, 0.15) is 0 Å². The van der Waals surface area contributed by atoms with Crippen LogP contribution in [-0.4, -0.2) is 24.1 Å². The minimum atomic E-state index is 0.688. The molecule has 1 aromatic rings. The molecule has 0 spiro atoms. The topological polar surface area (TPSA) is 28.2 Å². The van der Waals surface area contributed by atoms with Crippen LogP contribution in [0.3, 0.4) is 0 Å². The highest BCUT2D eigenvalue weighted by Gasteiger charge is 2.19. The zero-order valence-corrected chi connectivity index (χ0v) is 11.1. The van der Waals surface area contributed by atoms with Crippen LogP contribution >= 0.6 is 34.2 Å². The summed E-state index contributed by atoms with van der Waals surface area (Å²) in [6, 6.07) is 0.688. The van der Waals surface area contributed by atoms with Crippen LogP contribution in [0.5, 0.6) is 0 Å². The third-order valence-corrected chi connectivity index (χ3v) is 4.43. The molecule has 1 aromatic heterocycles. The highest BCUT2D eigenvalue weighted by atomic mass is 127. The van der Waals surface area contributed by atoms with Crippen LogP contribution in [0.2, 0.25) is 0 Å². The number of nitrogens with zero attached hydrogens (tertiary/aromatic N) is 2. The number of aryl methyl sites for hydroxylation is 1. The van der Waals surface area contributed by atoms with Crippen molar-refractivity contribution in [1.29, 1.82) is 0 Å². The molecule has 0 radical (unpaired) electrons. The largest absolute Gasteiger partial charge is 0.348 e. The first-order valence-corrected chi connectivity index (χ1v) is 6.78. The second kappa shape index (κ2) is 4.76. The van der Waals surface area contributed by atoms with Crippen LogP contribution in [0, 0.1) is 6.92 Å². The number of halogens is 1. The maximum atomic E-state index is 4.51. The number of hydrogen-bond acceptors (Lipinski definition) is 4. The number of thiazole rings is 1. The monoisotopic (exact) mass is 323 g/mol. The Bertz CT molecular complexity index is 294. The number of rotatable bonds is 2. The van der Waals surface area contributed by atoms with E-state index in [4.69, 9.17) is 0 Å². The number of anilines is 1. The highest BCUT2D eigenvalue weighted by molar-refractivity contribution is 14.1. The summed E-state index contributed by atoms with van der Waals surface area (Å²) in [6.07, 6.45) is 2.45. The molecule has 1 saturated heterocycles. The van der Waals surface area contributed by atoms with Crippen LogP contribution in [0.1, 0.15) is 18.5 Å². The van der Waals surface area contributed by atoms with E-state index in [1.54, 1.807) is 11.3 Å². The Labute approximate surface area is 102 Å². The molecule has 1 fully saturated rings. The van der Waals surface area contributed by atoms with E-state index < -0.39 is 0 Å². The molecule has 3 nitrogen and oxygen atoms in total. The van der Waals surface area contributed by atoms with E-state index in [-0.39, 0.29) is 0 Å². The van der Waals surface area contributed by atoms with Gasteiger partial charge in [0.25, 0.3) is 0 Å². The number of aromatic nitrogens is 1. The molecule has 0 amide bonds. The van der Waals surface area contributed by atoms with Gasteiger partial charge in [-0.3, -0.25) is 3.53 Å². The first-order valence-electron chi connectivity index (χ1n) is 4.83. The van der Waals surface area contributed by atoms with Gasteiger partial charge in [-0.25, -0.2) is 4.98 Å². The molecular weight excluding hydrogens is 309 g/mol. The normalized spacial score (nSPS) is 18.9. The molecule has 0 atom stereocenters. The Morgan fingerprint density at radius 3 is 2.79 bits per heavy atom. The summed E-state index contributed by atoms with van der Waals surface area (Å²) < 4.78 is 3.31. The van der Waals surface area contributed by atoms with E-state index in [0.717, 1.165) is 18.8 Å². The van der Waals surface area contributed by atoms with E-state index in [0.29, 0.717) is 6.04 Å². The minimum Gasteiger partial charge on any atom is -0.348 e. The fourth-order valence-corrected chi connectivity index (χ4v) is 3.15. The lowest BCUT2D eigenvalue weighted by Crippen LogP contribution is -2.39. The number of piperidine rings is 1. The Kier molecular flexibility index (Phi) is 3.62. The van der Waals surface area contributed by atoms with Gasteiger partial charge in [-0.05, 0) is 19.8 Å². The summed E-state index contributed by atoms with van der Waals surface area (Å²) in [6.45, 7) is 4.32. The fraction of sp³-hybridized carbons (Fsp3) is 0.667. The maximum absolute atomic E-state index is 4.51. The van der Waals surface area contributed by atoms with Crippen molar-refractivity contribution in [1.82, 2.24) is 8.51 Å². The minimum absolute atomic E-state index is 0.688. The Morgan fingerprint density at radius 2 is 2.29 bits per heavy atom. The van der Waals surface area contributed by atoms with Crippen molar-refractivity contribution in [3.05, 3.63) is 11.1 Å². The van der Waals surface area contributed by atoms with Crippen LogP contribution in [0.15, 0.2) is 5.38 Å². The number of nitrogens with one attached hydrogen (secondary N) is 1. The molecule has 0 unspecified atom stereocenters. The smallest absolute Gasteiger partial charge is 0.185 e. The van der Waals surface area contributed by atoms with E-state index in [9.17, 15) is 0 Å². The fourth-order valence-electron chi connectivity index (χ4n) is 1.67. The molecule has 0 bridgehead atoms. The molecule has 0 aromatic carbocycles. The molecule has 2 heterocycles. The average Bonchev–Trinajstić information content (AvgIpc) is 2.65. The molecule has 14 heavy (non-hydrogen) atoms. The molecule has 0 saturated carbocycles. The lowest BCUT2D eigenvalue weighted by atomic mass is 10.1. The van der Waals surface area contributed by atoms with Crippen LogP contribution < -0.4 is 8.43 Å². The summed E-state index contributed by atoms with van der Waals surface area (Å²) in [5.74, 6) is 0. The lowest BCUT2D eigenvalue weighted by Gasteiger charge is -2.30. The summed E-state index contributed by atoms with van der Waals surface area (Å²) in [5, 5.41) is 3.31. The van der Waals surface area contributed by atoms with Crippen LogP contribution in [0.4, 0.5) is 5.13 Å². The summed E-state index contributed by atoms with van der Waals surface area (Å²) in [4.78, 5) is 6.90. The van der Waals surface area contributed by atoms with Gasteiger partial charge in [0.05, 0.1) is 5.69 Å². The van der Waals surface area contributed by atoms with Crippen molar-refractivity contribution in [3.63, 3.8) is 0 Å². The van der Waals surface area contributed by atoms with Crippen molar-refractivity contribution in [2.24, 2.45) is 0 Å². The second-order valence-corrected chi connectivity index (χ2v) is 5.10. The zero-order chi connectivity index (χ0) is 9.97. The van der Waals surface area contributed by atoms with Gasteiger partial charge in [0, 0.05) is 47.4 Å². The Morgan fingerprint density at radius 1 is 1.57 bits per heavy atom. The highest BCUT2D eigenvalue weighted by Crippen LogP contribution is 2.23. The first kappa shape index (κ1) is 10.6. The SMILES string of the molecule is Cc1csc(N2CCC(NI)CC2)n1. The van der Waals surface area contributed by atoms with Gasteiger partial charge in [0.2, 0.25) is 0 Å². The second-order valence-electron chi connectivity index (χ2n) is 3.64. The van der Waals surface area contributed by atoms with Crippen molar-refractivity contribution in [3.8, 4) is 0 Å². The van der Waals surface area contributed by atoms with E-state index in [1.807, 2.05) is 0 Å². The first-order chi connectivity index (χ1) is 6.79. The summed E-state index contributed by atoms with van der Waals surface area (Å²) in [5.41, 5.74) is 1.14. The predicted molar refractivity (Wildman–Crippen MR) is 69.2 cm³/mol. The van der Waals surface area contributed by atoms with E-state index >= 15 is 0 Å². The number of hydrogen-bond donors (Lipinski definition) is 1. The van der Waals surface area contributed by atoms with Crippen LogP contribution in [0.25, 0.3) is 0 Å². The van der Waals surface area contributed by atoms with Crippen molar-refractivity contribution in [2.75, 3.05) is 18.0 Å². The van der Waals surface area contributed by atoms with Gasteiger partial charge in [-0.15, -0.1) is 11.3 Å². The zero-order valence-electron chi connectivity index (χ0n) is 8.16. The lowest BCUT2D eigenvalue weighted by molar-refractivity contribution is 0.486. The van der Waals surface area contributed by atoms with Gasteiger partial charge < -0.3 is 4.90 Å². The molecule has 78 valence electrons. The average molecular weight is 323 g/mol. The molecule has 1 aliphatic rings. The van der Waals surface area contributed by atoms with E-state index in [1.165, 1.54) is 18.0 Å². The standard InChI is InChI=1S/C9H14IN3S/c1-7-6-14-9(11-7)13-4-2-8(12-10)3-5-13/h6,8,12H,2-5H2,1H3. The van der Waals surface area contributed by atoms with Crippen molar-refractivity contribution in [2.45, 2.75) is 25.8 Å². The Hall–Kier alpha value is 0.120. The third kappa shape index (κ3) is 2.38.